The van der Waals surface area contributed by atoms with Crippen LogP contribution in [0.4, 0.5) is 4.39 Å². The summed E-state index contributed by atoms with van der Waals surface area (Å²) in [6.45, 7) is 0.657. The molecule has 1 fully saturated rings. The highest BCUT2D eigenvalue weighted by Gasteiger charge is 2.25. The Morgan fingerprint density at radius 2 is 2.21 bits per heavy atom. The predicted octanol–water partition coefficient (Wildman–Crippen LogP) is 0.554. The number of hydrogen-bond acceptors (Lipinski definition) is 4. The van der Waals surface area contributed by atoms with Crippen molar-refractivity contribution < 1.29 is 19.2 Å². The number of aromatic nitrogens is 2. The third-order valence-electron chi connectivity index (χ3n) is 3.37. The lowest BCUT2D eigenvalue weighted by Gasteiger charge is -2.23. The van der Waals surface area contributed by atoms with E-state index in [1.165, 1.54) is 12.1 Å². The van der Waals surface area contributed by atoms with Crippen molar-refractivity contribution in [2.24, 2.45) is 0 Å². The second-order valence-electron chi connectivity index (χ2n) is 4.69. The summed E-state index contributed by atoms with van der Waals surface area (Å²) >= 11 is 0. The van der Waals surface area contributed by atoms with Crippen molar-refractivity contribution >= 4 is 23.6 Å². The van der Waals surface area contributed by atoms with Gasteiger partial charge in [0.25, 0.3) is 0 Å². The summed E-state index contributed by atoms with van der Waals surface area (Å²) < 4.78 is 20.6. The second-order valence-corrected chi connectivity index (χ2v) is 4.69. The molecule has 1 atom stereocenters. The van der Waals surface area contributed by atoms with E-state index in [1.807, 2.05) is 0 Å². The number of rotatable bonds is 2. The van der Waals surface area contributed by atoms with E-state index >= 15 is 0 Å². The van der Waals surface area contributed by atoms with E-state index in [2.05, 4.69) is 5.10 Å². The number of nitrogens with zero attached hydrogens (tertiary/aromatic N) is 2. The molecule has 2 aromatic rings. The van der Waals surface area contributed by atoms with Gasteiger partial charge in [-0.2, -0.15) is 5.10 Å². The molecule has 5 nitrogen and oxygen atoms in total. The van der Waals surface area contributed by atoms with Gasteiger partial charge < -0.3 is 14.8 Å². The molecule has 100 valence electrons. The summed E-state index contributed by atoms with van der Waals surface area (Å²) in [4.78, 5) is 0. The third kappa shape index (κ3) is 2.24. The Morgan fingerprint density at radius 3 is 2.89 bits per heavy atom. The lowest BCUT2D eigenvalue weighted by molar-refractivity contribution is -0.0364. The van der Waals surface area contributed by atoms with Crippen molar-refractivity contribution in [1.29, 1.82) is 0 Å². The van der Waals surface area contributed by atoms with Crippen molar-refractivity contribution in [3.05, 3.63) is 24.0 Å². The van der Waals surface area contributed by atoms with Gasteiger partial charge in [-0.1, -0.05) is 0 Å². The zero-order chi connectivity index (χ0) is 13.4. The normalized spacial score (nSPS) is 19.8. The Kier molecular flexibility index (Phi) is 3.26. The number of hydrogen-bond donors (Lipinski definition) is 2. The van der Waals surface area contributed by atoms with Gasteiger partial charge in [-0.15, -0.1) is 0 Å². The van der Waals surface area contributed by atoms with Gasteiger partial charge in [0.1, 0.15) is 11.4 Å². The van der Waals surface area contributed by atoms with Crippen LogP contribution in [0.25, 0.3) is 10.9 Å². The molecule has 1 aromatic carbocycles. The van der Waals surface area contributed by atoms with Crippen LogP contribution < -0.4 is 5.59 Å². The molecule has 1 aromatic heterocycles. The smallest absolute Gasteiger partial charge is 0.422 e. The average molecular weight is 264 g/mol. The molecule has 1 saturated heterocycles. The quantitative estimate of drug-likeness (QED) is 0.777. The minimum absolute atomic E-state index is 0.0590. The van der Waals surface area contributed by atoms with Crippen LogP contribution in [0, 0.1) is 5.82 Å². The number of halogens is 1. The molecule has 2 heterocycles. The zero-order valence-corrected chi connectivity index (χ0v) is 10.3. The van der Waals surface area contributed by atoms with Gasteiger partial charge in [0.15, 0.2) is 6.23 Å². The molecular weight excluding hydrogens is 250 g/mol. The molecule has 0 amide bonds. The van der Waals surface area contributed by atoms with E-state index in [0.29, 0.717) is 17.5 Å². The van der Waals surface area contributed by atoms with Crippen LogP contribution in [0.15, 0.2) is 18.2 Å². The summed E-state index contributed by atoms with van der Waals surface area (Å²) in [5, 5.41) is 23.3. The van der Waals surface area contributed by atoms with Gasteiger partial charge in [-0.3, -0.25) is 0 Å². The van der Waals surface area contributed by atoms with Crippen LogP contribution >= 0.6 is 0 Å². The van der Waals surface area contributed by atoms with Gasteiger partial charge in [-0.25, -0.2) is 9.07 Å². The highest BCUT2D eigenvalue weighted by Crippen LogP contribution is 2.25. The number of fused-ring (bicyclic) bond motifs is 1. The lowest BCUT2D eigenvalue weighted by atomic mass is 9.84. The van der Waals surface area contributed by atoms with Gasteiger partial charge in [0, 0.05) is 12.0 Å². The molecule has 3 rings (SSSR count). The summed E-state index contributed by atoms with van der Waals surface area (Å²) in [5.41, 5.74) is 0.708. The minimum Gasteiger partial charge on any atom is -0.422 e. The molecule has 7 heteroatoms. The zero-order valence-electron chi connectivity index (χ0n) is 10.3. The van der Waals surface area contributed by atoms with E-state index in [9.17, 15) is 14.4 Å². The van der Waals surface area contributed by atoms with Gasteiger partial charge in [-0.05, 0) is 37.5 Å². The van der Waals surface area contributed by atoms with E-state index in [-0.39, 0.29) is 11.8 Å². The molecule has 2 N–H and O–H groups in total. The standard InChI is InChI=1S/C12H14BFN2O3/c14-8-4-5-10-9(7-8)12(13(17)18)15-16(10)11-3-1-2-6-19-11/h4-5,7,11,17-18H,1-3,6H2. The van der Waals surface area contributed by atoms with Crippen LogP contribution in [0.1, 0.15) is 25.5 Å². The van der Waals surface area contributed by atoms with Crippen molar-refractivity contribution in [2.45, 2.75) is 25.5 Å². The Balaban J connectivity index is 2.13. The highest BCUT2D eigenvalue weighted by atomic mass is 19.1. The summed E-state index contributed by atoms with van der Waals surface area (Å²) in [6, 6.07) is 4.18. The molecule has 0 bridgehead atoms. The van der Waals surface area contributed by atoms with Crippen LogP contribution in [0.2, 0.25) is 0 Å². The van der Waals surface area contributed by atoms with Crippen LogP contribution in [0.5, 0.6) is 0 Å². The third-order valence-corrected chi connectivity index (χ3v) is 3.37. The number of ether oxygens (including phenoxy) is 1. The van der Waals surface area contributed by atoms with Crippen LogP contribution in [0.3, 0.4) is 0 Å². The molecule has 0 radical (unpaired) electrons. The molecule has 1 unspecified atom stereocenters. The molecule has 0 saturated carbocycles. The Labute approximate surface area is 109 Å². The van der Waals surface area contributed by atoms with E-state index in [4.69, 9.17) is 4.74 Å². The van der Waals surface area contributed by atoms with Crippen LogP contribution in [-0.2, 0) is 4.74 Å². The second kappa shape index (κ2) is 4.92. The van der Waals surface area contributed by atoms with Gasteiger partial charge in [0.05, 0.1) is 5.52 Å². The first kappa shape index (κ1) is 12.6. The number of benzene rings is 1. The first-order valence-corrected chi connectivity index (χ1v) is 6.32. The van der Waals surface area contributed by atoms with E-state index < -0.39 is 12.9 Å². The SMILES string of the molecule is OB(O)c1nn(C2CCCCO2)c2ccc(F)cc12. The minimum atomic E-state index is -1.73. The summed E-state index contributed by atoms with van der Waals surface area (Å²) in [5.74, 6) is -0.432. The molecule has 0 aliphatic carbocycles. The monoisotopic (exact) mass is 264 g/mol. The van der Waals surface area contributed by atoms with Crippen molar-refractivity contribution in [3.63, 3.8) is 0 Å². The molecule has 1 aliphatic heterocycles. The Hall–Kier alpha value is -1.44. The first-order valence-electron chi connectivity index (χ1n) is 6.32. The lowest BCUT2D eigenvalue weighted by Crippen LogP contribution is -2.33. The largest absolute Gasteiger partial charge is 0.510 e. The fraction of sp³-hybridized carbons (Fsp3) is 0.417. The van der Waals surface area contributed by atoms with Crippen LogP contribution in [-0.4, -0.2) is 33.6 Å². The van der Waals surface area contributed by atoms with Crippen molar-refractivity contribution in [3.8, 4) is 0 Å². The Morgan fingerprint density at radius 1 is 1.37 bits per heavy atom. The van der Waals surface area contributed by atoms with E-state index in [0.717, 1.165) is 19.3 Å². The average Bonchev–Trinajstić information content (AvgIpc) is 2.78. The fourth-order valence-electron chi connectivity index (χ4n) is 2.46. The first-order chi connectivity index (χ1) is 9.16. The van der Waals surface area contributed by atoms with Gasteiger partial charge in [0.2, 0.25) is 0 Å². The molecule has 1 aliphatic rings. The van der Waals surface area contributed by atoms with Gasteiger partial charge >= 0.3 is 7.12 Å². The predicted molar refractivity (Wildman–Crippen MR) is 68.4 cm³/mol. The fourth-order valence-corrected chi connectivity index (χ4v) is 2.46. The maximum absolute atomic E-state index is 13.3. The summed E-state index contributed by atoms with van der Waals surface area (Å²) in [7, 11) is -1.73. The van der Waals surface area contributed by atoms with Crippen molar-refractivity contribution in [1.82, 2.24) is 9.78 Å². The highest BCUT2D eigenvalue weighted by molar-refractivity contribution is 6.60. The summed E-state index contributed by atoms with van der Waals surface area (Å²) in [6.07, 6.45) is 2.63. The van der Waals surface area contributed by atoms with Crippen molar-refractivity contribution in [2.75, 3.05) is 6.61 Å². The molecule has 0 spiro atoms. The molecular formula is C12H14BFN2O3. The maximum Gasteiger partial charge on any atom is 0.510 e. The Bertz CT molecular complexity index is 596. The molecule has 19 heavy (non-hydrogen) atoms. The topological polar surface area (TPSA) is 67.5 Å². The maximum atomic E-state index is 13.3. The van der Waals surface area contributed by atoms with E-state index in [1.54, 1.807) is 10.7 Å².